The molecule has 6 atom stereocenters. The Morgan fingerprint density at radius 1 is 1.00 bits per heavy atom. The molecule has 0 bridgehead atoms. The molecule has 20 heteroatoms. The molecule has 0 aromatic heterocycles. The lowest BCUT2D eigenvalue weighted by molar-refractivity contribution is -0.152. The maximum Gasteiger partial charge on any atom is 0.320 e. The first-order valence-corrected chi connectivity index (χ1v) is 16.0. The minimum absolute atomic E-state index is 0.0296. The zero-order valence-electron chi connectivity index (χ0n) is 15.7. The molecule has 0 aromatic rings. The third-order valence-electron chi connectivity index (χ3n) is 2.98. The number of hydrogen-bond acceptors (Lipinski definition) is 7. The lowest BCUT2D eigenvalue weighted by Crippen LogP contribution is -2.19. The van der Waals surface area contributed by atoms with Gasteiger partial charge < -0.3 is 14.9 Å². The second-order valence-corrected chi connectivity index (χ2v) is 15.4. The van der Waals surface area contributed by atoms with E-state index in [2.05, 4.69) is 27.1 Å². The van der Waals surface area contributed by atoms with Crippen LogP contribution in [0.25, 0.3) is 0 Å². The third-order valence-corrected chi connectivity index (χ3v) is 9.76. The highest BCUT2D eigenvalue weighted by atomic mass is 127. The third kappa shape index (κ3) is 19.9. The van der Waals surface area contributed by atoms with Crippen molar-refractivity contribution in [1.82, 2.24) is 0 Å². The van der Waals surface area contributed by atoms with Crippen LogP contribution in [0.4, 0.5) is 0 Å². The first-order chi connectivity index (χ1) is 14.9. The molecular weight excluding hydrogens is 865 g/mol. The van der Waals surface area contributed by atoms with Crippen molar-refractivity contribution >= 4 is 165 Å². The quantitative estimate of drug-likeness (QED) is 0.0754. The van der Waals surface area contributed by atoms with E-state index in [1.807, 2.05) is 49.6 Å². The Hall–Kier alpha value is 1.67. The van der Waals surface area contributed by atoms with E-state index in [-0.39, 0.29) is 53.8 Å². The van der Waals surface area contributed by atoms with E-state index in [9.17, 15) is 28.8 Å². The maximum absolute atomic E-state index is 10.7. The number of carbonyl (C=O) groups is 6. The van der Waals surface area contributed by atoms with Crippen LogP contribution in [-0.4, -0.2) is 76.1 Å². The van der Waals surface area contributed by atoms with Crippen molar-refractivity contribution in [3.8, 4) is 0 Å². The van der Waals surface area contributed by atoms with Gasteiger partial charge in [0.25, 0.3) is 0 Å². The Morgan fingerprint density at radius 3 is 1.84 bits per heavy atom. The Morgan fingerprint density at radius 2 is 1.53 bits per heavy atom. The number of aliphatic carboxylic acids is 2. The summed E-state index contributed by atoms with van der Waals surface area (Å²) in [6.07, 6.45) is -0.00804. The summed E-state index contributed by atoms with van der Waals surface area (Å²) in [4.78, 5) is 67.9. The maximum atomic E-state index is 10.7. The molecule has 1 heterocycles. The van der Waals surface area contributed by atoms with Gasteiger partial charge in [-0.05, 0) is 23.2 Å². The van der Waals surface area contributed by atoms with Gasteiger partial charge >= 0.3 is 23.9 Å². The molecule has 0 aliphatic carbocycles. The number of carboxylic acid groups (broad SMARTS) is 2. The van der Waals surface area contributed by atoms with Gasteiger partial charge in [0.15, 0.2) is 0 Å². The van der Waals surface area contributed by atoms with Gasteiger partial charge in [-0.25, -0.2) is 0 Å². The Bertz CT molecular complexity index is 648. The van der Waals surface area contributed by atoms with Crippen LogP contribution < -0.4 is 0 Å². The van der Waals surface area contributed by atoms with Crippen molar-refractivity contribution in [3.05, 3.63) is 0 Å². The SMILES string of the molecule is O=C(Cl)CC(P[B]I)C(=O)Cl.O=C(O)CC(P[B]I)C(=O)O.O=C1CC(P[B]I)C(=O)O1. The summed E-state index contributed by atoms with van der Waals surface area (Å²) >= 11 is 16.3. The Labute approximate surface area is 242 Å². The van der Waals surface area contributed by atoms with Crippen LogP contribution >= 0.6 is 116 Å². The molecule has 0 saturated carbocycles. The molecule has 1 rings (SSSR count). The number of rotatable bonds is 12. The summed E-state index contributed by atoms with van der Waals surface area (Å²) in [6.45, 7) is 0. The van der Waals surface area contributed by atoms with Gasteiger partial charge in [-0.2, -0.15) is 67.1 Å². The van der Waals surface area contributed by atoms with Crippen LogP contribution in [0.15, 0.2) is 0 Å². The van der Waals surface area contributed by atoms with Crippen molar-refractivity contribution < 1.29 is 43.7 Å². The van der Waals surface area contributed by atoms with E-state index in [0.717, 1.165) is 0 Å². The number of cyclic esters (lactones) is 2. The fraction of sp³-hybridized carbons (Fsp3) is 0.500. The van der Waals surface area contributed by atoms with Gasteiger partial charge in [-0.1, -0.05) is 0 Å². The van der Waals surface area contributed by atoms with E-state index in [1.165, 1.54) is 0 Å². The van der Waals surface area contributed by atoms with E-state index < -0.39 is 33.7 Å². The normalized spacial score (nSPS) is 17.2. The molecule has 1 fully saturated rings. The number of ether oxygens (including phenoxy) is 1. The smallest absolute Gasteiger partial charge is 0.320 e. The zero-order chi connectivity index (χ0) is 25.3. The molecule has 6 unspecified atom stereocenters. The van der Waals surface area contributed by atoms with Crippen LogP contribution in [0.3, 0.4) is 0 Å². The summed E-state index contributed by atoms with van der Waals surface area (Å²) in [5.74, 6) is -2.86. The lowest BCUT2D eigenvalue weighted by Gasteiger charge is -2.05. The van der Waals surface area contributed by atoms with Crippen molar-refractivity contribution in [1.29, 1.82) is 0 Å². The summed E-state index contributed by atoms with van der Waals surface area (Å²) < 4.78 is 4.33. The first kappa shape index (κ1) is 35.8. The number of carbonyl (C=O) groups excluding carboxylic acids is 4. The van der Waals surface area contributed by atoms with Gasteiger partial charge in [-0.15, -0.1) is 25.4 Å². The summed E-state index contributed by atoms with van der Waals surface area (Å²) in [6, 6.07) is 0. The highest BCUT2D eigenvalue weighted by molar-refractivity contribution is 14.1. The lowest BCUT2D eigenvalue weighted by atomic mass is 10.3. The summed E-state index contributed by atoms with van der Waals surface area (Å²) in [5.41, 5.74) is -1.38. The largest absolute Gasteiger partial charge is 0.481 e. The predicted octanol–water partition coefficient (Wildman–Crippen LogP) is 2.96. The molecule has 9 nitrogen and oxygen atoms in total. The van der Waals surface area contributed by atoms with Crippen molar-refractivity contribution in [2.45, 2.75) is 36.2 Å². The van der Waals surface area contributed by atoms with Gasteiger partial charge in [0.1, 0.15) is 0 Å². The van der Waals surface area contributed by atoms with Crippen molar-refractivity contribution in [3.63, 3.8) is 0 Å². The highest BCUT2D eigenvalue weighted by Gasteiger charge is 2.32. The summed E-state index contributed by atoms with van der Waals surface area (Å²) in [7, 11) is 0.716. The molecule has 32 heavy (non-hydrogen) atoms. The van der Waals surface area contributed by atoms with Crippen LogP contribution in [-0.2, 0) is 33.5 Å². The standard InChI is InChI=1S/C4H4BCl2IO2P.C4H6BIO4P.C4H4BIO3P/c6-3(9)1-2(4(7)10)11-5-8;6-5-11-2(4(9)10)1-3(7)8;6-5-10-2-1-3(7)9-4(2)8/h2,11H,1H2;2,11H,1H2,(H,7,8)(H,9,10);2,10H,1H2. The molecular formula is C12H14B3Cl2I3O9P3. The van der Waals surface area contributed by atoms with Gasteiger partial charge in [-0.3, -0.25) is 28.8 Å². The first-order valence-electron chi connectivity index (χ1n) is 8.00. The molecule has 1 aliphatic heterocycles. The van der Waals surface area contributed by atoms with Crippen LogP contribution in [0.1, 0.15) is 19.3 Å². The summed E-state index contributed by atoms with van der Waals surface area (Å²) in [5, 5.41) is 15.7. The molecule has 175 valence electrons. The average molecular weight is 879 g/mol. The average Bonchev–Trinajstić information content (AvgIpc) is 2.98. The molecule has 1 saturated heterocycles. The van der Waals surface area contributed by atoms with Gasteiger partial charge in [0.05, 0.1) is 29.8 Å². The van der Waals surface area contributed by atoms with Crippen LogP contribution in [0.5, 0.6) is 0 Å². The number of halogens is 5. The topological polar surface area (TPSA) is 152 Å². The monoisotopic (exact) mass is 879 g/mol. The van der Waals surface area contributed by atoms with Crippen molar-refractivity contribution in [2.75, 3.05) is 0 Å². The second kappa shape index (κ2) is 21.9. The highest BCUT2D eigenvalue weighted by Crippen LogP contribution is 2.28. The number of hydrogen-bond donors (Lipinski definition) is 2. The van der Waals surface area contributed by atoms with E-state index in [4.69, 9.17) is 33.4 Å². The van der Waals surface area contributed by atoms with E-state index in [1.54, 1.807) is 9.71 Å². The van der Waals surface area contributed by atoms with E-state index >= 15 is 0 Å². The number of esters is 2. The minimum atomic E-state index is -1.07. The Kier molecular flexibility index (Phi) is 24.5. The van der Waals surface area contributed by atoms with Crippen LogP contribution in [0, 0.1) is 0 Å². The number of carboxylic acids is 2. The fourth-order valence-corrected chi connectivity index (χ4v) is 7.85. The molecule has 0 spiro atoms. The molecule has 1 aliphatic rings. The molecule has 3 radical (unpaired) electrons. The van der Waals surface area contributed by atoms with E-state index in [0.29, 0.717) is 8.46 Å². The minimum Gasteiger partial charge on any atom is -0.481 e. The molecule has 2 N–H and O–H groups in total. The Balaban J connectivity index is 0. The predicted molar refractivity (Wildman–Crippen MR) is 158 cm³/mol. The molecule has 0 aromatic carbocycles. The zero-order valence-corrected chi connectivity index (χ0v) is 26.7. The van der Waals surface area contributed by atoms with Gasteiger partial charge in [0, 0.05) is 6.42 Å². The van der Waals surface area contributed by atoms with Crippen molar-refractivity contribution in [2.24, 2.45) is 0 Å². The van der Waals surface area contributed by atoms with Crippen LogP contribution in [0.2, 0.25) is 0 Å². The van der Waals surface area contributed by atoms with Gasteiger partial charge in [0.2, 0.25) is 25.1 Å². The second-order valence-electron chi connectivity index (χ2n) is 5.28. The fourth-order valence-electron chi connectivity index (χ4n) is 1.59. The molecule has 0 amide bonds.